The van der Waals surface area contributed by atoms with Crippen LogP contribution in [0.3, 0.4) is 0 Å². The average molecular weight is 434 g/mol. The van der Waals surface area contributed by atoms with Crippen LogP contribution in [-0.4, -0.2) is 21.9 Å². The Kier molecular flexibility index (Phi) is 5.27. The lowest BCUT2D eigenvalue weighted by Gasteiger charge is -2.08. The maximum atomic E-state index is 12.1. The molecule has 9 heteroatoms. The Labute approximate surface area is 141 Å². The number of aromatic nitrogens is 2. The maximum Gasteiger partial charge on any atom is 0.327 e. The van der Waals surface area contributed by atoms with E-state index in [2.05, 4.69) is 52.5 Å². The molecule has 0 bridgehead atoms. The van der Waals surface area contributed by atoms with Gasteiger partial charge in [0.05, 0.1) is 18.0 Å². The number of urea groups is 1. The van der Waals surface area contributed by atoms with E-state index in [4.69, 9.17) is 11.6 Å². The number of hydrogen-bond donors (Lipinski definition) is 2. The van der Waals surface area contributed by atoms with Gasteiger partial charge in [-0.25, -0.2) is 14.8 Å². The SMILES string of the molecule is O=C(NC(=O)c1c(Br)cccc1Br)Nc1cnc(Cl)cn1. The van der Waals surface area contributed by atoms with Crippen LogP contribution >= 0.6 is 43.5 Å². The summed E-state index contributed by atoms with van der Waals surface area (Å²) in [6, 6.07) is 4.43. The molecule has 1 aromatic carbocycles. The molecular weight excluding hydrogens is 427 g/mol. The fourth-order valence-electron chi connectivity index (χ4n) is 1.40. The van der Waals surface area contributed by atoms with Gasteiger partial charge < -0.3 is 0 Å². The number of carbonyl (C=O) groups is 2. The summed E-state index contributed by atoms with van der Waals surface area (Å²) in [6.45, 7) is 0. The molecule has 0 radical (unpaired) electrons. The van der Waals surface area contributed by atoms with Crippen LogP contribution in [0.5, 0.6) is 0 Å². The van der Waals surface area contributed by atoms with Crippen molar-refractivity contribution in [1.29, 1.82) is 0 Å². The molecule has 0 aliphatic heterocycles. The third kappa shape index (κ3) is 4.23. The number of carbonyl (C=O) groups excluding carboxylic acids is 2. The molecule has 6 nitrogen and oxygen atoms in total. The smallest absolute Gasteiger partial charge is 0.291 e. The molecule has 1 aromatic heterocycles. The van der Waals surface area contributed by atoms with Crippen molar-refractivity contribution >= 4 is 61.2 Å². The minimum atomic E-state index is -0.723. The number of benzene rings is 1. The number of rotatable bonds is 2. The van der Waals surface area contributed by atoms with Crippen LogP contribution in [0.25, 0.3) is 0 Å². The first-order valence-corrected chi connectivity index (χ1v) is 7.47. The van der Waals surface area contributed by atoms with Crippen molar-refractivity contribution in [2.75, 3.05) is 5.32 Å². The Morgan fingerprint density at radius 1 is 1.10 bits per heavy atom. The highest BCUT2D eigenvalue weighted by Crippen LogP contribution is 2.24. The van der Waals surface area contributed by atoms with Crippen LogP contribution in [0.1, 0.15) is 10.4 Å². The van der Waals surface area contributed by atoms with Gasteiger partial charge in [0.1, 0.15) is 5.15 Å². The standard InChI is InChI=1S/C12H7Br2ClN4O2/c13-6-2-1-3-7(14)10(6)11(20)19-12(21)18-9-5-16-8(15)4-17-9/h1-5H,(H2,17,18,19,20,21). The highest BCUT2D eigenvalue weighted by atomic mass is 79.9. The van der Waals surface area contributed by atoms with Gasteiger partial charge >= 0.3 is 6.03 Å². The summed E-state index contributed by atoms with van der Waals surface area (Å²) in [6.07, 6.45) is 2.56. The summed E-state index contributed by atoms with van der Waals surface area (Å²) in [5, 5.41) is 4.77. The van der Waals surface area contributed by atoms with E-state index in [1.165, 1.54) is 12.4 Å². The number of nitrogens with one attached hydrogen (secondary N) is 2. The second kappa shape index (κ2) is 6.97. The van der Waals surface area contributed by atoms with E-state index >= 15 is 0 Å². The van der Waals surface area contributed by atoms with Gasteiger partial charge in [-0.2, -0.15) is 0 Å². The second-order valence-corrected chi connectivity index (χ2v) is 5.83. The van der Waals surface area contributed by atoms with Crippen LogP contribution in [0.4, 0.5) is 10.6 Å². The lowest BCUT2D eigenvalue weighted by Crippen LogP contribution is -2.35. The van der Waals surface area contributed by atoms with Crippen molar-refractivity contribution in [3.63, 3.8) is 0 Å². The van der Waals surface area contributed by atoms with Gasteiger partial charge in [0, 0.05) is 8.95 Å². The largest absolute Gasteiger partial charge is 0.327 e. The topological polar surface area (TPSA) is 84.0 Å². The quantitative estimate of drug-likeness (QED) is 0.756. The van der Waals surface area contributed by atoms with Crippen molar-refractivity contribution < 1.29 is 9.59 Å². The van der Waals surface area contributed by atoms with Gasteiger partial charge in [-0.05, 0) is 44.0 Å². The molecule has 0 aliphatic rings. The zero-order valence-corrected chi connectivity index (χ0v) is 14.2. The van der Waals surface area contributed by atoms with Crippen LogP contribution in [0.2, 0.25) is 5.15 Å². The normalized spacial score (nSPS) is 10.0. The first-order chi connectivity index (χ1) is 9.97. The molecule has 0 spiro atoms. The molecule has 21 heavy (non-hydrogen) atoms. The van der Waals surface area contributed by atoms with E-state index in [9.17, 15) is 9.59 Å². The predicted octanol–water partition coefficient (Wildman–Crippen LogP) is 3.62. The zero-order valence-electron chi connectivity index (χ0n) is 10.2. The fourth-order valence-corrected chi connectivity index (χ4v) is 2.86. The van der Waals surface area contributed by atoms with Crippen molar-refractivity contribution in [2.45, 2.75) is 0 Å². The van der Waals surface area contributed by atoms with Crippen molar-refractivity contribution in [2.24, 2.45) is 0 Å². The molecule has 0 aliphatic carbocycles. The summed E-state index contributed by atoms with van der Waals surface area (Å²) in [5.41, 5.74) is 0.315. The van der Waals surface area contributed by atoms with Crippen LogP contribution in [0, 0.1) is 0 Å². The Morgan fingerprint density at radius 3 is 2.33 bits per heavy atom. The lowest BCUT2D eigenvalue weighted by atomic mass is 10.2. The zero-order chi connectivity index (χ0) is 15.4. The van der Waals surface area contributed by atoms with Gasteiger partial charge in [0.25, 0.3) is 5.91 Å². The molecular formula is C12H7Br2ClN4O2. The summed E-state index contributed by atoms with van der Waals surface area (Å²) in [4.78, 5) is 31.4. The predicted molar refractivity (Wildman–Crippen MR) is 85.4 cm³/mol. The van der Waals surface area contributed by atoms with Crippen LogP contribution in [-0.2, 0) is 0 Å². The lowest BCUT2D eigenvalue weighted by molar-refractivity contribution is 0.0965. The highest BCUT2D eigenvalue weighted by molar-refractivity contribution is 9.11. The van der Waals surface area contributed by atoms with Gasteiger partial charge in [-0.1, -0.05) is 17.7 Å². The van der Waals surface area contributed by atoms with Gasteiger partial charge in [0.15, 0.2) is 5.82 Å². The van der Waals surface area contributed by atoms with E-state index in [-0.39, 0.29) is 11.0 Å². The highest BCUT2D eigenvalue weighted by Gasteiger charge is 2.16. The molecule has 1 heterocycles. The Balaban J connectivity index is 2.06. The molecule has 108 valence electrons. The van der Waals surface area contributed by atoms with E-state index in [1.807, 2.05) is 0 Å². The first kappa shape index (κ1) is 15.9. The van der Waals surface area contributed by atoms with Gasteiger partial charge in [0.2, 0.25) is 0 Å². The molecule has 0 fully saturated rings. The molecule has 2 rings (SSSR count). The van der Waals surface area contributed by atoms with Crippen molar-refractivity contribution in [3.05, 3.63) is 50.3 Å². The summed E-state index contributed by atoms with van der Waals surface area (Å²) in [7, 11) is 0. The summed E-state index contributed by atoms with van der Waals surface area (Å²) >= 11 is 12.1. The van der Waals surface area contributed by atoms with Crippen LogP contribution < -0.4 is 10.6 Å². The van der Waals surface area contributed by atoms with Crippen molar-refractivity contribution in [3.8, 4) is 0 Å². The van der Waals surface area contributed by atoms with E-state index in [0.717, 1.165) is 0 Å². The van der Waals surface area contributed by atoms with Gasteiger partial charge in [-0.3, -0.25) is 15.4 Å². The maximum absolute atomic E-state index is 12.1. The molecule has 0 saturated carbocycles. The molecule has 0 atom stereocenters. The average Bonchev–Trinajstić information content (AvgIpc) is 2.41. The number of nitrogens with zero attached hydrogens (tertiary/aromatic N) is 2. The summed E-state index contributed by atoms with van der Waals surface area (Å²) < 4.78 is 1.13. The Bertz CT molecular complexity index is 674. The fraction of sp³-hybridized carbons (Fsp3) is 0. The monoisotopic (exact) mass is 432 g/mol. The van der Waals surface area contributed by atoms with E-state index in [1.54, 1.807) is 18.2 Å². The molecule has 2 N–H and O–H groups in total. The number of hydrogen-bond acceptors (Lipinski definition) is 4. The minimum absolute atomic E-state index is 0.177. The third-order valence-electron chi connectivity index (χ3n) is 2.28. The van der Waals surface area contributed by atoms with Gasteiger partial charge in [-0.15, -0.1) is 0 Å². The molecule has 3 amide bonds. The van der Waals surface area contributed by atoms with Crippen LogP contribution in [0.15, 0.2) is 39.5 Å². The number of halogens is 3. The number of amides is 3. The molecule has 0 saturated heterocycles. The molecule has 2 aromatic rings. The number of anilines is 1. The Morgan fingerprint density at radius 2 is 1.76 bits per heavy atom. The third-order valence-corrected chi connectivity index (χ3v) is 3.80. The minimum Gasteiger partial charge on any atom is -0.291 e. The first-order valence-electron chi connectivity index (χ1n) is 5.51. The van der Waals surface area contributed by atoms with E-state index < -0.39 is 11.9 Å². The van der Waals surface area contributed by atoms with E-state index in [0.29, 0.717) is 14.5 Å². The second-order valence-electron chi connectivity index (χ2n) is 3.73. The van der Waals surface area contributed by atoms with Crippen molar-refractivity contribution in [1.82, 2.24) is 15.3 Å². The summed E-state index contributed by atoms with van der Waals surface area (Å²) in [5.74, 6) is -0.385. The number of imide groups is 1. The Hall–Kier alpha value is -1.51. The molecule has 0 unspecified atom stereocenters.